The van der Waals surface area contributed by atoms with E-state index in [1.807, 2.05) is 27.7 Å². The molecule has 0 aliphatic rings. The summed E-state index contributed by atoms with van der Waals surface area (Å²) in [4.78, 5) is 0.129. The van der Waals surface area contributed by atoms with Crippen LogP contribution in [0.15, 0.2) is 47.5 Å². The topological polar surface area (TPSA) is 106 Å². The predicted molar refractivity (Wildman–Crippen MR) is 119 cm³/mol. The van der Waals surface area contributed by atoms with Crippen molar-refractivity contribution in [2.75, 3.05) is 25.6 Å². The summed E-state index contributed by atoms with van der Waals surface area (Å²) in [6, 6.07) is 10.0. The van der Waals surface area contributed by atoms with Crippen molar-refractivity contribution in [2.24, 2.45) is 0 Å². The lowest BCUT2D eigenvalue weighted by Crippen LogP contribution is -2.13. The molecular weight excluding hydrogens is 418 g/mol. The van der Waals surface area contributed by atoms with Gasteiger partial charge in [-0.15, -0.1) is 5.10 Å². The molecule has 31 heavy (non-hydrogen) atoms. The summed E-state index contributed by atoms with van der Waals surface area (Å²) in [5.41, 5.74) is 8.12. The van der Waals surface area contributed by atoms with Crippen LogP contribution in [-0.4, -0.2) is 37.4 Å². The maximum atomic E-state index is 13.0. The smallest absolute Gasteiger partial charge is 0.283 e. The van der Waals surface area contributed by atoms with E-state index in [9.17, 15) is 8.42 Å². The molecule has 9 heteroatoms. The summed E-state index contributed by atoms with van der Waals surface area (Å²) >= 11 is 0. The molecule has 0 atom stereocenters. The van der Waals surface area contributed by atoms with Crippen LogP contribution in [0.25, 0.3) is 11.1 Å². The molecule has 3 rings (SSSR count). The molecule has 0 aliphatic carbocycles. The van der Waals surface area contributed by atoms with Gasteiger partial charge in [0, 0.05) is 5.56 Å². The average molecular weight is 446 g/mol. The second-order valence-electron chi connectivity index (χ2n) is 6.72. The molecule has 0 saturated carbocycles. The molecule has 1 aromatic heterocycles. The van der Waals surface area contributed by atoms with Gasteiger partial charge < -0.3 is 19.9 Å². The van der Waals surface area contributed by atoms with Gasteiger partial charge in [0.15, 0.2) is 17.3 Å². The maximum Gasteiger partial charge on any atom is 0.283 e. The first kappa shape index (κ1) is 22.5. The second-order valence-corrected chi connectivity index (χ2v) is 8.51. The van der Waals surface area contributed by atoms with Gasteiger partial charge in [-0.1, -0.05) is 17.7 Å². The molecule has 166 valence electrons. The van der Waals surface area contributed by atoms with E-state index in [0.29, 0.717) is 48.2 Å². The third-order valence-corrected chi connectivity index (χ3v) is 6.05. The molecule has 2 aromatic carbocycles. The molecule has 0 amide bonds. The summed E-state index contributed by atoms with van der Waals surface area (Å²) in [7, 11) is -3.88. The number of ether oxygens (including phenoxy) is 3. The van der Waals surface area contributed by atoms with Crippen molar-refractivity contribution in [3.8, 4) is 28.4 Å². The first-order valence-electron chi connectivity index (χ1n) is 10.1. The third kappa shape index (κ3) is 4.61. The maximum absolute atomic E-state index is 13.0. The monoisotopic (exact) mass is 445 g/mol. The van der Waals surface area contributed by atoms with Gasteiger partial charge in [-0.25, -0.2) is 0 Å². The van der Waals surface area contributed by atoms with Gasteiger partial charge in [-0.2, -0.15) is 12.5 Å². The van der Waals surface area contributed by atoms with Crippen molar-refractivity contribution < 1.29 is 22.6 Å². The third-order valence-electron chi connectivity index (χ3n) is 4.51. The predicted octanol–water partition coefficient (Wildman–Crippen LogP) is 3.87. The van der Waals surface area contributed by atoms with Crippen LogP contribution < -0.4 is 19.9 Å². The molecule has 0 fully saturated rings. The van der Waals surface area contributed by atoms with Crippen molar-refractivity contribution in [3.05, 3.63) is 48.2 Å². The standard InChI is InChI=1S/C22H27N3O5S/c1-5-28-19-12-16(13-20(29-6-2)21(19)30-7-3)18-14-25(24-22(18)23)31(26,27)17-10-8-15(4)9-11-17/h8-14H,5-7H2,1-4H3,(H2,23,24). The number of rotatable bonds is 9. The summed E-state index contributed by atoms with van der Waals surface area (Å²) < 4.78 is 44.1. The minimum absolute atomic E-state index is 0.0738. The van der Waals surface area contributed by atoms with Crippen LogP contribution in [0.4, 0.5) is 5.82 Å². The van der Waals surface area contributed by atoms with E-state index >= 15 is 0 Å². The molecule has 0 spiro atoms. The molecule has 2 N–H and O–H groups in total. The SMILES string of the molecule is CCOc1cc(-c2cn(S(=O)(=O)c3ccc(C)cc3)nc2N)cc(OCC)c1OCC. The molecule has 8 nitrogen and oxygen atoms in total. The minimum atomic E-state index is -3.88. The van der Waals surface area contributed by atoms with Crippen LogP contribution in [0.3, 0.4) is 0 Å². The Morgan fingerprint density at radius 1 is 0.935 bits per heavy atom. The largest absolute Gasteiger partial charge is 0.490 e. The quantitative estimate of drug-likeness (QED) is 0.533. The Morgan fingerprint density at radius 2 is 1.48 bits per heavy atom. The van der Waals surface area contributed by atoms with Crippen LogP contribution in [0.5, 0.6) is 17.2 Å². The highest BCUT2D eigenvalue weighted by atomic mass is 32.2. The van der Waals surface area contributed by atoms with Crippen LogP contribution in [0.2, 0.25) is 0 Å². The molecule has 0 saturated heterocycles. The zero-order valence-corrected chi connectivity index (χ0v) is 18.9. The summed E-state index contributed by atoms with van der Waals surface area (Å²) in [5.74, 6) is 1.54. The van der Waals surface area contributed by atoms with Gasteiger partial charge in [0.1, 0.15) is 0 Å². The van der Waals surface area contributed by atoms with Crippen molar-refractivity contribution in [1.29, 1.82) is 0 Å². The molecule has 0 aliphatic heterocycles. The Hall–Kier alpha value is -3.20. The zero-order chi connectivity index (χ0) is 22.6. The normalized spacial score (nSPS) is 11.4. The lowest BCUT2D eigenvalue weighted by molar-refractivity contribution is 0.261. The lowest BCUT2D eigenvalue weighted by Gasteiger charge is -2.17. The van der Waals surface area contributed by atoms with Gasteiger partial charge in [-0.05, 0) is 57.5 Å². The van der Waals surface area contributed by atoms with Gasteiger partial charge in [0.2, 0.25) is 5.75 Å². The minimum Gasteiger partial charge on any atom is -0.490 e. The van der Waals surface area contributed by atoms with Crippen LogP contribution >= 0.6 is 0 Å². The number of hydrogen-bond acceptors (Lipinski definition) is 7. The number of nitrogen functional groups attached to an aromatic ring is 1. The second kappa shape index (κ2) is 9.30. The zero-order valence-electron chi connectivity index (χ0n) is 18.1. The molecule has 0 unspecified atom stereocenters. The van der Waals surface area contributed by atoms with E-state index in [1.54, 1.807) is 36.4 Å². The van der Waals surface area contributed by atoms with Gasteiger partial charge in [0.25, 0.3) is 10.0 Å². The molecule has 3 aromatic rings. The van der Waals surface area contributed by atoms with Crippen molar-refractivity contribution in [1.82, 2.24) is 9.19 Å². The Labute approximate surface area is 182 Å². The van der Waals surface area contributed by atoms with Crippen molar-refractivity contribution >= 4 is 15.8 Å². The number of hydrogen-bond donors (Lipinski definition) is 1. The Balaban J connectivity index is 2.11. The van der Waals surface area contributed by atoms with E-state index in [2.05, 4.69) is 5.10 Å². The Bertz CT molecular complexity index is 1130. The van der Waals surface area contributed by atoms with Crippen LogP contribution in [0.1, 0.15) is 26.3 Å². The van der Waals surface area contributed by atoms with Crippen LogP contribution in [-0.2, 0) is 10.0 Å². The summed E-state index contributed by atoms with van der Waals surface area (Å²) in [6.45, 7) is 8.77. The average Bonchev–Trinajstić information content (AvgIpc) is 3.13. The highest BCUT2D eigenvalue weighted by molar-refractivity contribution is 7.89. The molecule has 0 radical (unpaired) electrons. The highest BCUT2D eigenvalue weighted by Crippen LogP contribution is 2.43. The number of anilines is 1. The van der Waals surface area contributed by atoms with Crippen LogP contribution in [0, 0.1) is 6.92 Å². The highest BCUT2D eigenvalue weighted by Gasteiger charge is 2.23. The van der Waals surface area contributed by atoms with E-state index in [1.165, 1.54) is 6.20 Å². The number of aryl methyl sites for hydroxylation is 1. The summed E-state index contributed by atoms with van der Waals surface area (Å²) in [6.07, 6.45) is 1.39. The Kier molecular flexibility index (Phi) is 6.74. The number of benzene rings is 2. The van der Waals surface area contributed by atoms with Crippen molar-refractivity contribution in [2.45, 2.75) is 32.6 Å². The lowest BCUT2D eigenvalue weighted by atomic mass is 10.1. The van der Waals surface area contributed by atoms with E-state index < -0.39 is 10.0 Å². The van der Waals surface area contributed by atoms with Gasteiger partial charge >= 0.3 is 0 Å². The fourth-order valence-corrected chi connectivity index (χ4v) is 4.21. The van der Waals surface area contributed by atoms with Crippen molar-refractivity contribution in [3.63, 3.8) is 0 Å². The number of aromatic nitrogens is 2. The van der Waals surface area contributed by atoms with Gasteiger partial charge in [0.05, 0.1) is 30.9 Å². The molecule has 1 heterocycles. The Morgan fingerprint density at radius 3 is 2.00 bits per heavy atom. The fraction of sp³-hybridized carbons (Fsp3) is 0.318. The number of nitrogens with zero attached hydrogens (tertiary/aromatic N) is 2. The van der Waals surface area contributed by atoms with Gasteiger partial charge in [-0.3, -0.25) is 0 Å². The van der Waals surface area contributed by atoms with E-state index in [-0.39, 0.29) is 10.7 Å². The first-order chi connectivity index (χ1) is 14.8. The molecule has 0 bridgehead atoms. The van der Waals surface area contributed by atoms with E-state index in [0.717, 1.165) is 9.65 Å². The fourth-order valence-electron chi connectivity index (χ4n) is 3.07. The first-order valence-corrected chi connectivity index (χ1v) is 11.5. The molecular formula is C22H27N3O5S. The van der Waals surface area contributed by atoms with E-state index in [4.69, 9.17) is 19.9 Å². The summed E-state index contributed by atoms with van der Waals surface area (Å²) in [5, 5.41) is 4.06. The number of nitrogens with two attached hydrogens (primary N) is 1.